The SMILES string of the molecule is Cc1cccc(C2=NC(=Cc3c(Cl)cccc3Cl)C(=O)O2)c1. The summed E-state index contributed by atoms with van der Waals surface area (Å²) in [5.41, 5.74) is 2.53. The van der Waals surface area contributed by atoms with Gasteiger partial charge in [-0.2, -0.15) is 0 Å². The second-order valence-corrected chi connectivity index (χ2v) is 5.66. The Labute approximate surface area is 137 Å². The Morgan fingerprint density at radius 2 is 1.77 bits per heavy atom. The van der Waals surface area contributed by atoms with Crippen LogP contribution < -0.4 is 0 Å². The lowest BCUT2D eigenvalue weighted by atomic mass is 10.1. The topological polar surface area (TPSA) is 38.7 Å². The minimum Gasteiger partial charge on any atom is -0.402 e. The molecular weight excluding hydrogens is 321 g/mol. The molecule has 2 aromatic rings. The van der Waals surface area contributed by atoms with Crippen LogP contribution in [0.2, 0.25) is 10.0 Å². The first kappa shape index (κ1) is 14.8. The van der Waals surface area contributed by atoms with Gasteiger partial charge in [-0.3, -0.25) is 0 Å². The summed E-state index contributed by atoms with van der Waals surface area (Å²) in [5.74, 6) is -0.240. The lowest BCUT2D eigenvalue weighted by Crippen LogP contribution is -2.05. The molecule has 1 heterocycles. The van der Waals surface area contributed by atoms with Gasteiger partial charge in [0.25, 0.3) is 0 Å². The Bertz CT molecular complexity index is 805. The zero-order valence-corrected chi connectivity index (χ0v) is 13.2. The van der Waals surface area contributed by atoms with Crippen LogP contribution in [0.15, 0.2) is 53.2 Å². The molecule has 0 saturated carbocycles. The van der Waals surface area contributed by atoms with Crippen LogP contribution >= 0.6 is 23.2 Å². The third-order valence-corrected chi connectivity index (χ3v) is 3.83. The normalized spacial score (nSPS) is 15.9. The highest BCUT2D eigenvalue weighted by Gasteiger charge is 2.24. The van der Waals surface area contributed by atoms with E-state index in [1.807, 2.05) is 31.2 Å². The van der Waals surface area contributed by atoms with Gasteiger partial charge in [0.15, 0.2) is 5.70 Å². The molecule has 0 N–H and O–H groups in total. The van der Waals surface area contributed by atoms with Crippen molar-refractivity contribution in [2.45, 2.75) is 6.92 Å². The summed E-state index contributed by atoms with van der Waals surface area (Å²) in [4.78, 5) is 16.2. The van der Waals surface area contributed by atoms with E-state index in [-0.39, 0.29) is 11.6 Å². The molecule has 0 saturated heterocycles. The fourth-order valence-corrected chi connectivity index (χ4v) is 2.60. The Balaban J connectivity index is 2.02. The lowest BCUT2D eigenvalue weighted by Gasteiger charge is -2.00. The molecule has 3 nitrogen and oxygen atoms in total. The summed E-state index contributed by atoms with van der Waals surface area (Å²) in [6.45, 7) is 1.96. The van der Waals surface area contributed by atoms with E-state index in [0.29, 0.717) is 15.6 Å². The van der Waals surface area contributed by atoms with Crippen molar-refractivity contribution in [3.8, 4) is 0 Å². The molecule has 22 heavy (non-hydrogen) atoms. The van der Waals surface area contributed by atoms with E-state index in [9.17, 15) is 4.79 Å². The Morgan fingerprint density at radius 3 is 2.45 bits per heavy atom. The largest absolute Gasteiger partial charge is 0.402 e. The van der Waals surface area contributed by atoms with Crippen molar-refractivity contribution < 1.29 is 9.53 Å². The molecule has 0 aromatic heterocycles. The van der Waals surface area contributed by atoms with Crippen molar-refractivity contribution >= 4 is 41.1 Å². The molecule has 1 aliphatic heterocycles. The van der Waals surface area contributed by atoms with Crippen molar-refractivity contribution in [3.05, 3.63) is 74.9 Å². The van der Waals surface area contributed by atoms with Crippen LogP contribution in [0, 0.1) is 6.92 Å². The number of hydrogen-bond acceptors (Lipinski definition) is 3. The highest BCUT2D eigenvalue weighted by molar-refractivity contribution is 6.37. The zero-order chi connectivity index (χ0) is 15.7. The van der Waals surface area contributed by atoms with Crippen LogP contribution in [0.3, 0.4) is 0 Å². The highest BCUT2D eigenvalue weighted by Crippen LogP contribution is 2.28. The fourth-order valence-electron chi connectivity index (χ4n) is 2.10. The number of rotatable bonds is 2. The standard InChI is InChI=1S/C17H11Cl2NO2/c1-10-4-2-5-11(8-10)16-20-15(17(21)22-16)9-12-13(18)6-3-7-14(12)19/h2-9H,1H3. The fraction of sp³-hybridized carbons (Fsp3) is 0.0588. The van der Waals surface area contributed by atoms with Crippen LogP contribution in [0.4, 0.5) is 0 Å². The maximum absolute atomic E-state index is 12.0. The van der Waals surface area contributed by atoms with Crippen LogP contribution in [0.5, 0.6) is 0 Å². The minimum absolute atomic E-state index is 0.173. The predicted octanol–water partition coefficient (Wildman–Crippen LogP) is 4.65. The first-order valence-electron chi connectivity index (χ1n) is 6.58. The molecule has 110 valence electrons. The molecule has 0 radical (unpaired) electrons. The van der Waals surface area contributed by atoms with Crippen molar-refractivity contribution in [1.82, 2.24) is 0 Å². The smallest absolute Gasteiger partial charge is 0.363 e. The van der Waals surface area contributed by atoms with Crippen molar-refractivity contribution in [3.63, 3.8) is 0 Å². The van der Waals surface area contributed by atoms with Gasteiger partial charge in [0.05, 0.1) is 0 Å². The molecule has 0 bridgehead atoms. The van der Waals surface area contributed by atoms with E-state index in [1.54, 1.807) is 18.2 Å². The zero-order valence-electron chi connectivity index (χ0n) is 11.6. The monoisotopic (exact) mass is 331 g/mol. The lowest BCUT2D eigenvalue weighted by molar-refractivity contribution is -0.129. The number of aliphatic imine (C=N–C) groups is 1. The third-order valence-electron chi connectivity index (χ3n) is 3.17. The number of carbonyl (C=O) groups is 1. The highest BCUT2D eigenvalue weighted by atomic mass is 35.5. The molecule has 0 fully saturated rings. The van der Waals surface area contributed by atoms with Crippen LogP contribution in [-0.2, 0) is 9.53 Å². The molecule has 0 spiro atoms. The molecular formula is C17H11Cl2NO2. The molecule has 0 amide bonds. The van der Waals surface area contributed by atoms with Gasteiger partial charge in [0, 0.05) is 21.2 Å². The minimum atomic E-state index is -0.521. The summed E-state index contributed by atoms with van der Waals surface area (Å²) in [7, 11) is 0. The number of nitrogens with zero attached hydrogens (tertiary/aromatic N) is 1. The van der Waals surface area contributed by atoms with Gasteiger partial charge in [0.1, 0.15) is 0 Å². The molecule has 1 aliphatic rings. The maximum Gasteiger partial charge on any atom is 0.363 e. The summed E-state index contributed by atoms with van der Waals surface area (Å²) < 4.78 is 5.22. The summed E-state index contributed by atoms with van der Waals surface area (Å²) in [6, 6.07) is 12.7. The number of aryl methyl sites for hydroxylation is 1. The maximum atomic E-state index is 12.0. The van der Waals surface area contributed by atoms with E-state index in [1.165, 1.54) is 6.08 Å². The molecule has 5 heteroatoms. The predicted molar refractivity (Wildman–Crippen MR) is 88.2 cm³/mol. The number of esters is 1. The van der Waals surface area contributed by atoms with Crippen molar-refractivity contribution in [2.75, 3.05) is 0 Å². The molecule has 2 aromatic carbocycles. The Morgan fingerprint density at radius 1 is 1.09 bits per heavy atom. The van der Waals surface area contributed by atoms with E-state index >= 15 is 0 Å². The number of ether oxygens (including phenoxy) is 1. The first-order chi connectivity index (χ1) is 10.5. The van der Waals surface area contributed by atoms with Crippen molar-refractivity contribution in [1.29, 1.82) is 0 Å². The Kier molecular flexibility index (Phi) is 4.01. The summed E-state index contributed by atoms with van der Waals surface area (Å²) >= 11 is 12.2. The number of carbonyl (C=O) groups excluding carboxylic acids is 1. The van der Waals surface area contributed by atoms with Gasteiger partial charge in [0.2, 0.25) is 5.90 Å². The summed E-state index contributed by atoms with van der Waals surface area (Å²) in [6.07, 6.45) is 1.54. The van der Waals surface area contributed by atoms with E-state index in [4.69, 9.17) is 27.9 Å². The van der Waals surface area contributed by atoms with Crippen LogP contribution in [0.1, 0.15) is 16.7 Å². The molecule has 0 aliphatic carbocycles. The molecule has 0 unspecified atom stereocenters. The van der Waals surface area contributed by atoms with E-state index in [2.05, 4.69) is 4.99 Å². The average molecular weight is 332 g/mol. The van der Waals surface area contributed by atoms with Crippen LogP contribution in [-0.4, -0.2) is 11.9 Å². The van der Waals surface area contributed by atoms with E-state index < -0.39 is 5.97 Å². The second kappa shape index (κ2) is 5.95. The number of halogens is 2. The van der Waals surface area contributed by atoms with Gasteiger partial charge in [-0.05, 0) is 37.3 Å². The third kappa shape index (κ3) is 2.91. The van der Waals surface area contributed by atoms with Crippen LogP contribution in [0.25, 0.3) is 6.08 Å². The van der Waals surface area contributed by atoms with Gasteiger partial charge in [-0.1, -0.05) is 47.0 Å². The number of hydrogen-bond donors (Lipinski definition) is 0. The Hall–Kier alpha value is -2.10. The number of cyclic esters (lactones) is 1. The van der Waals surface area contributed by atoms with Gasteiger partial charge in [-0.25, -0.2) is 9.79 Å². The molecule has 3 rings (SSSR count). The van der Waals surface area contributed by atoms with E-state index in [0.717, 1.165) is 11.1 Å². The summed E-state index contributed by atoms with van der Waals surface area (Å²) in [5, 5.41) is 0.902. The molecule has 0 atom stereocenters. The second-order valence-electron chi connectivity index (χ2n) is 4.84. The van der Waals surface area contributed by atoms with Gasteiger partial charge >= 0.3 is 5.97 Å². The van der Waals surface area contributed by atoms with Crippen molar-refractivity contribution in [2.24, 2.45) is 4.99 Å². The van der Waals surface area contributed by atoms with Gasteiger partial charge < -0.3 is 4.74 Å². The first-order valence-corrected chi connectivity index (χ1v) is 7.34. The quantitative estimate of drug-likeness (QED) is 0.593. The average Bonchev–Trinajstić information content (AvgIpc) is 2.84. The number of benzene rings is 2. The van der Waals surface area contributed by atoms with Gasteiger partial charge in [-0.15, -0.1) is 0 Å².